The monoisotopic (exact) mass is 586 g/mol. The molecule has 4 atom stereocenters. The highest BCUT2D eigenvalue weighted by Crippen LogP contribution is 2.74. The van der Waals surface area contributed by atoms with Gasteiger partial charge < -0.3 is 45.6 Å². The second-order valence-corrected chi connectivity index (χ2v) is 10.5. The predicted molar refractivity (Wildman–Crippen MR) is 95.4 cm³/mol. The van der Waals surface area contributed by atoms with Crippen molar-refractivity contribution in [1.82, 2.24) is 0 Å². The predicted octanol–water partition coefficient (Wildman–Crippen LogP) is -3.47. The molecular weight excluding hydrogens is 574 g/mol. The Hall–Kier alpha value is -0.560. The average Bonchev–Trinajstić information content (AvgIpc) is 2.77. The summed E-state index contributed by atoms with van der Waals surface area (Å²) in [6, 6.07) is 0. The van der Waals surface area contributed by atoms with E-state index in [2.05, 4.69) is 13.8 Å². The summed E-state index contributed by atoms with van der Waals surface area (Å²) < 4.78 is 5.92. The van der Waals surface area contributed by atoms with Crippen molar-refractivity contribution in [3.63, 3.8) is 0 Å². The van der Waals surface area contributed by atoms with Crippen molar-refractivity contribution >= 4 is 62.4 Å². The van der Waals surface area contributed by atoms with Crippen molar-refractivity contribution in [1.29, 1.82) is 0 Å². The zero-order valence-corrected chi connectivity index (χ0v) is 16.3. The molecule has 1 heterocycles. The first-order valence-electron chi connectivity index (χ1n) is 6.27. The lowest BCUT2D eigenvalue weighted by Gasteiger charge is -2.67. The van der Waals surface area contributed by atoms with Crippen LogP contribution in [0.4, 0.5) is 0 Å². The van der Waals surface area contributed by atoms with E-state index in [1.54, 1.807) is 0 Å². The van der Waals surface area contributed by atoms with E-state index in [-0.39, 0.29) is 0 Å². The first-order valence-corrected chi connectivity index (χ1v) is 11.5. The number of carbonyl (C=O) groups is 2. The van der Waals surface area contributed by atoms with Crippen LogP contribution in [0.15, 0.2) is 11.5 Å². The van der Waals surface area contributed by atoms with Gasteiger partial charge in [-0.2, -0.15) is 0 Å². The summed E-state index contributed by atoms with van der Waals surface area (Å²) in [6.07, 6.45) is 0. The molecule has 140 valence electrons. The fraction of sp³-hybridized carbons (Fsp3) is 0.500. The normalized spacial score (nSPS) is 47.0. The van der Waals surface area contributed by atoms with Gasteiger partial charge in [-0.1, -0.05) is 9.03 Å². The first kappa shape index (κ1) is 19.2. The molecule has 4 aliphatic rings. The van der Waals surface area contributed by atoms with Crippen molar-refractivity contribution in [3.05, 3.63) is 11.5 Å². The first-order chi connectivity index (χ1) is 11.2. The van der Waals surface area contributed by atoms with Crippen molar-refractivity contribution < 1.29 is 55.2 Å². The van der Waals surface area contributed by atoms with Crippen LogP contribution in [0, 0.1) is 0 Å². The Morgan fingerprint density at radius 3 is 1.24 bits per heavy atom. The highest BCUT2D eigenvalue weighted by molar-refractivity contribution is 14.2. The maximum Gasteiger partial charge on any atom is 0.335 e. The number of hydrogen-bond donors (Lipinski definition) is 8. The number of hydrogen-bond acceptors (Lipinski definition) is 11. The number of alkyl halides is 2. The SMILES string of the molecule is C=I[C@@]12C(=O)OC(=O)[C@]1(I=C)C1(O)C(O)=C(O)C2(O)C(O)(O)C1(O)O. The van der Waals surface area contributed by atoms with Gasteiger partial charge in [0.2, 0.25) is 11.2 Å². The minimum absolute atomic E-state index is 1.55. The van der Waals surface area contributed by atoms with Crippen LogP contribution in [-0.4, -0.2) is 91.4 Å². The molecule has 2 unspecified atom stereocenters. The number of fused-ring (bicyclic) bond motifs is 1. The van der Waals surface area contributed by atoms with Crippen molar-refractivity contribution in [2.24, 2.45) is 0 Å². The number of carbonyl (C=O) groups excluding carboxylic acids is 2. The number of esters is 2. The highest BCUT2D eigenvalue weighted by atomic mass is 127. The third-order valence-corrected chi connectivity index (χ3v) is 12.4. The molecular formula is C12H12I2O11. The number of aliphatic hydroxyl groups excluding tert-OH is 2. The summed E-state index contributed by atoms with van der Waals surface area (Å²) in [4.78, 5) is 25.0. The van der Waals surface area contributed by atoms with Gasteiger partial charge in [-0.05, 0) is 0 Å². The van der Waals surface area contributed by atoms with Crippen molar-refractivity contribution in [2.75, 3.05) is 0 Å². The third-order valence-electron chi connectivity index (χ3n) is 5.03. The second kappa shape index (κ2) is 4.64. The number of cyclic esters (lactones) is 2. The molecule has 0 aromatic carbocycles. The molecule has 0 aromatic heterocycles. The van der Waals surface area contributed by atoms with E-state index in [4.69, 9.17) is 0 Å². The van der Waals surface area contributed by atoms with Gasteiger partial charge >= 0.3 is 11.9 Å². The zero-order valence-electron chi connectivity index (χ0n) is 12.0. The maximum atomic E-state index is 12.5. The molecule has 3 aliphatic carbocycles. The van der Waals surface area contributed by atoms with Gasteiger partial charge in [0, 0.05) is 0 Å². The molecule has 1 saturated heterocycles. The Balaban J connectivity index is 2.71. The molecule has 0 spiro atoms. The lowest BCUT2D eigenvalue weighted by atomic mass is 9.50. The van der Waals surface area contributed by atoms with Crippen LogP contribution in [0.5, 0.6) is 0 Å². The lowest BCUT2D eigenvalue weighted by molar-refractivity contribution is -0.472. The van der Waals surface area contributed by atoms with Crippen molar-refractivity contribution in [3.8, 4) is 0 Å². The van der Waals surface area contributed by atoms with Crippen LogP contribution in [0.1, 0.15) is 0 Å². The van der Waals surface area contributed by atoms with Crippen molar-refractivity contribution in [2.45, 2.75) is 29.6 Å². The summed E-state index contributed by atoms with van der Waals surface area (Å²) in [6.45, 7) is 0. The minimum atomic E-state index is -4.19. The molecule has 4 rings (SSSR count). The molecule has 25 heavy (non-hydrogen) atoms. The minimum Gasteiger partial charge on any atom is -0.506 e. The van der Waals surface area contributed by atoms with E-state index in [1.807, 2.05) is 0 Å². The summed E-state index contributed by atoms with van der Waals surface area (Å²) in [5.74, 6) is -14.9. The maximum absolute atomic E-state index is 12.5. The van der Waals surface area contributed by atoms with Crippen LogP contribution in [0.3, 0.4) is 0 Å². The molecule has 2 bridgehead atoms. The largest absolute Gasteiger partial charge is 0.506 e. The number of ether oxygens (including phenoxy) is 1. The highest BCUT2D eigenvalue weighted by Gasteiger charge is 3.01. The van der Waals surface area contributed by atoms with Gasteiger partial charge in [-0.3, -0.25) is 0 Å². The van der Waals surface area contributed by atoms with Crippen LogP contribution >= 0.6 is 41.5 Å². The molecule has 2 fully saturated rings. The molecule has 1 saturated carbocycles. The van der Waals surface area contributed by atoms with Gasteiger partial charge in [0.15, 0.2) is 18.4 Å². The van der Waals surface area contributed by atoms with Crippen LogP contribution in [-0.2, 0) is 14.3 Å². The number of halogens is 2. The smallest absolute Gasteiger partial charge is 0.335 e. The quantitative estimate of drug-likeness (QED) is 0.0525. The molecule has 0 amide bonds. The van der Waals surface area contributed by atoms with E-state index >= 15 is 0 Å². The zero-order chi connectivity index (χ0) is 19.4. The van der Waals surface area contributed by atoms with E-state index < -0.39 is 94.5 Å². The summed E-state index contributed by atoms with van der Waals surface area (Å²) in [5.41, 5.74) is -7.40. The van der Waals surface area contributed by atoms with Crippen LogP contribution in [0.25, 0.3) is 0 Å². The van der Waals surface area contributed by atoms with Gasteiger partial charge in [0.05, 0.1) is 0 Å². The Labute approximate surface area is 158 Å². The third kappa shape index (κ3) is 1.29. The number of rotatable bonds is 2. The summed E-state index contributed by atoms with van der Waals surface area (Å²) >= 11 is -4.13. The molecule has 11 nitrogen and oxygen atoms in total. The molecule has 13 heteroatoms. The number of aliphatic hydroxyl groups is 8. The van der Waals surface area contributed by atoms with E-state index in [0.717, 1.165) is 0 Å². The summed E-state index contributed by atoms with van der Waals surface area (Å²) in [5, 5.41) is 83.3. The van der Waals surface area contributed by atoms with Gasteiger partial charge in [-0.15, -0.1) is 41.5 Å². The molecule has 0 aromatic rings. The molecule has 0 radical (unpaired) electrons. The van der Waals surface area contributed by atoms with Gasteiger partial charge in [0.1, 0.15) is 0 Å². The fourth-order valence-corrected chi connectivity index (χ4v) is 11.2. The van der Waals surface area contributed by atoms with E-state index in [1.165, 1.54) is 0 Å². The Bertz CT molecular complexity index is 739. The fourth-order valence-electron chi connectivity index (χ4n) is 3.77. The Morgan fingerprint density at radius 1 is 0.720 bits per heavy atom. The standard InChI is InChI=1S/C12H12I2O11/c1-13-7-5(17)25-6(18)8(7,14-2)10(20)4(16)3(15)9(7,19)11(21,22)12(10,23)24/h15-16,19-24H,1-2H2/t7-,8+,9?,10?. The average molecular weight is 586 g/mol. The van der Waals surface area contributed by atoms with E-state index in [9.17, 15) is 50.4 Å². The van der Waals surface area contributed by atoms with Gasteiger partial charge in [0.25, 0.3) is 11.6 Å². The van der Waals surface area contributed by atoms with Crippen LogP contribution in [0.2, 0.25) is 0 Å². The van der Waals surface area contributed by atoms with Gasteiger partial charge in [-0.25, -0.2) is 9.59 Å². The lowest BCUT2D eigenvalue weighted by Crippen LogP contribution is -2.97. The van der Waals surface area contributed by atoms with E-state index in [0.29, 0.717) is 0 Å². The Morgan fingerprint density at radius 2 is 1.00 bits per heavy atom. The second-order valence-electron chi connectivity index (χ2n) is 5.72. The molecule has 1 aliphatic heterocycles. The molecule has 8 N–H and O–H groups in total. The Kier molecular flexibility index (Phi) is 3.56. The van der Waals surface area contributed by atoms with Crippen LogP contribution < -0.4 is 0 Å². The topological polar surface area (TPSA) is 205 Å². The summed E-state index contributed by atoms with van der Waals surface area (Å²) in [7, 11) is 0.